The summed E-state index contributed by atoms with van der Waals surface area (Å²) in [6, 6.07) is 7.34. The van der Waals surface area contributed by atoms with Gasteiger partial charge in [0.05, 0.1) is 11.3 Å². The molecule has 0 unspecified atom stereocenters. The lowest BCUT2D eigenvalue weighted by molar-refractivity contribution is 0.476. The van der Waals surface area contributed by atoms with Crippen LogP contribution in [0.4, 0.5) is 0 Å². The van der Waals surface area contributed by atoms with Gasteiger partial charge in [-0.15, -0.1) is 0 Å². The van der Waals surface area contributed by atoms with E-state index < -0.39 is 0 Å². The number of phenols is 1. The second kappa shape index (κ2) is 3.89. The highest BCUT2D eigenvalue weighted by Gasteiger charge is 2.19. The van der Waals surface area contributed by atoms with Crippen molar-refractivity contribution in [1.82, 2.24) is 14.9 Å². The van der Waals surface area contributed by atoms with Crippen LogP contribution in [0.15, 0.2) is 24.3 Å². The summed E-state index contributed by atoms with van der Waals surface area (Å²) in [6.45, 7) is 1.81. The first-order chi connectivity index (χ1) is 8.27. The lowest BCUT2D eigenvalue weighted by Gasteiger charge is -2.13. The molecule has 0 aliphatic carbocycles. The summed E-state index contributed by atoms with van der Waals surface area (Å²) < 4.78 is 2.09. The number of aromatic hydroxyl groups is 1. The second-order valence-electron chi connectivity index (χ2n) is 4.33. The highest BCUT2D eigenvalue weighted by Crippen LogP contribution is 2.29. The minimum atomic E-state index is 0.283. The molecule has 0 saturated carbocycles. The number of nitrogens with one attached hydrogen (secondary N) is 1. The van der Waals surface area contributed by atoms with Gasteiger partial charge in [0.1, 0.15) is 11.6 Å². The Morgan fingerprint density at radius 2 is 2.18 bits per heavy atom. The molecule has 0 radical (unpaired) electrons. The summed E-state index contributed by atoms with van der Waals surface area (Å²) in [7, 11) is 2.01. The van der Waals surface area contributed by atoms with E-state index in [1.54, 1.807) is 6.07 Å². The fourth-order valence-electron chi connectivity index (χ4n) is 2.36. The van der Waals surface area contributed by atoms with Crippen LogP contribution in [-0.4, -0.2) is 21.2 Å². The molecule has 0 fully saturated rings. The molecule has 17 heavy (non-hydrogen) atoms. The Kier molecular flexibility index (Phi) is 2.37. The number of fused-ring (bicyclic) bond motifs is 1. The van der Waals surface area contributed by atoms with Crippen LogP contribution in [0.3, 0.4) is 0 Å². The molecule has 0 saturated heterocycles. The third-order valence-corrected chi connectivity index (χ3v) is 3.27. The normalized spacial score (nSPS) is 14.6. The van der Waals surface area contributed by atoms with Crippen molar-refractivity contribution in [2.75, 3.05) is 6.54 Å². The quantitative estimate of drug-likeness (QED) is 0.778. The van der Waals surface area contributed by atoms with E-state index in [9.17, 15) is 5.11 Å². The molecule has 4 heteroatoms. The van der Waals surface area contributed by atoms with Gasteiger partial charge in [-0.2, -0.15) is 0 Å². The van der Waals surface area contributed by atoms with Crippen LogP contribution in [0.1, 0.15) is 11.4 Å². The van der Waals surface area contributed by atoms with E-state index in [4.69, 9.17) is 0 Å². The van der Waals surface area contributed by atoms with E-state index in [2.05, 4.69) is 14.9 Å². The minimum Gasteiger partial charge on any atom is -0.507 e. The number of hydrogen-bond donors (Lipinski definition) is 2. The van der Waals surface area contributed by atoms with Crippen molar-refractivity contribution in [3.05, 3.63) is 35.7 Å². The standard InChI is InChI=1S/C13H15N3O/c1-16-11-6-7-14-8-10(11)15-13(16)9-4-2-3-5-12(9)17/h2-5,14,17H,6-8H2,1H3. The van der Waals surface area contributed by atoms with Gasteiger partial charge in [-0.3, -0.25) is 0 Å². The number of imidazole rings is 1. The van der Waals surface area contributed by atoms with Crippen LogP contribution in [0, 0.1) is 0 Å². The zero-order chi connectivity index (χ0) is 11.8. The maximum atomic E-state index is 9.88. The fraction of sp³-hybridized carbons (Fsp3) is 0.308. The van der Waals surface area contributed by atoms with Crippen molar-refractivity contribution in [2.45, 2.75) is 13.0 Å². The number of para-hydroxylation sites is 1. The summed E-state index contributed by atoms with van der Waals surface area (Å²) in [5.41, 5.74) is 3.16. The Morgan fingerprint density at radius 3 is 2.94 bits per heavy atom. The molecule has 1 aromatic carbocycles. The van der Waals surface area contributed by atoms with Gasteiger partial charge in [-0.25, -0.2) is 4.98 Å². The van der Waals surface area contributed by atoms with Crippen molar-refractivity contribution >= 4 is 0 Å². The second-order valence-corrected chi connectivity index (χ2v) is 4.33. The molecular weight excluding hydrogens is 214 g/mol. The van der Waals surface area contributed by atoms with Crippen LogP contribution < -0.4 is 5.32 Å². The summed E-state index contributed by atoms with van der Waals surface area (Å²) in [6.07, 6.45) is 0.992. The van der Waals surface area contributed by atoms with Crippen molar-refractivity contribution in [3.8, 4) is 17.1 Å². The molecule has 0 spiro atoms. The maximum absolute atomic E-state index is 9.88. The average Bonchev–Trinajstić information content (AvgIpc) is 2.68. The monoisotopic (exact) mass is 229 g/mol. The van der Waals surface area contributed by atoms with E-state index >= 15 is 0 Å². The summed E-state index contributed by atoms with van der Waals surface area (Å²) >= 11 is 0. The topological polar surface area (TPSA) is 50.1 Å². The predicted octanol–water partition coefficient (Wildman–Crippen LogP) is 1.44. The molecule has 1 aliphatic rings. The first kappa shape index (κ1) is 10.4. The number of rotatable bonds is 1. The lowest BCUT2D eigenvalue weighted by Crippen LogP contribution is -2.24. The van der Waals surface area contributed by atoms with Gasteiger partial charge >= 0.3 is 0 Å². The van der Waals surface area contributed by atoms with Crippen LogP contribution in [0.25, 0.3) is 11.4 Å². The van der Waals surface area contributed by atoms with Crippen LogP contribution in [-0.2, 0) is 20.0 Å². The lowest BCUT2D eigenvalue weighted by atomic mass is 10.2. The number of aromatic nitrogens is 2. The van der Waals surface area contributed by atoms with Crippen molar-refractivity contribution < 1.29 is 5.11 Å². The maximum Gasteiger partial charge on any atom is 0.144 e. The first-order valence-electron chi connectivity index (χ1n) is 5.81. The van der Waals surface area contributed by atoms with Crippen LogP contribution in [0.5, 0.6) is 5.75 Å². The van der Waals surface area contributed by atoms with Crippen molar-refractivity contribution in [3.63, 3.8) is 0 Å². The molecule has 3 rings (SSSR count). The molecule has 1 aromatic heterocycles. The van der Waals surface area contributed by atoms with Crippen LogP contribution in [0.2, 0.25) is 0 Å². The molecule has 2 N–H and O–H groups in total. The van der Waals surface area contributed by atoms with E-state index in [1.807, 2.05) is 25.2 Å². The molecule has 0 amide bonds. The Hall–Kier alpha value is -1.81. The van der Waals surface area contributed by atoms with Crippen LogP contribution >= 0.6 is 0 Å². The third kappa shape index (κ3) is 1.61. The molecule has 88 valence electrons. The molecule has 2 aromatic rings. The number of phenolic OH excluding ortho intramolecular Hbond substituents is 1. The van der Waals surface area contributed by atoms with E-state index in [-0.39, 0.29) is 5.75 Å². The highest BCUT2D eigenvalue weighted by atomic mass is 16.3. The Morgan fingerprint density at radius 1 is 1.35 bits per heavy atom. The Balaban J connectivity index is 2.16. The van der Waals surface area contributed by atoms with Gasteiger partial charge in [0.2, 0.25) is 0 Å². The van der Waals surface area contributed by atoms with Gasteiger partial charge in [-0.05, 0) is 12.1 Å². The number of hydrogen-bond acceptors (Lipinski definition) is 3. The zero-order valence-electron chi connectivity index (χ0n) is 9.77. The SMILES string of the molecule is Cn1c(-c2ccccc2O)nc2c1CCNC2. The smallest absolute Gasteiger partial charge is 0.144 e. The van der Waals surface area contributed by atoms with Crippen molar-refractivity contribution in [1.29, 1.82) is 0 Å². The fourth-order valence-corrected chi connectivity index (χ4v) is 2.36. The molecular formula is C13H15N3O. The summed E-state index contributed by atoms with van der Waals surface area (Å²) in [5.74, 6) is 1.13. The Bertz CT molecular complexity index is 560. The van der Waals surface area contributed by atoms with Gasteiger partial charge in [0.15, 0.2) is 0 Å². The van der Waals surface area contributed by atoms with Gasteiger partial charge in [-0.1, -0.05) is 12.1 Å². The predicted molar refractivity (Wildman–Crippen MR) is 65.7 cm³/mol. The third-order valence-electron chi connectivity index (χ3n) is 3.27. The Labute approximate surface area is 99.9 Å². The van der Waals surface area contributed by atoms with Crippen molar-refractivity contribution in [2.24, 2.45) is 7.05 Å². The highest BCUT2D eigenvalue weighted by molar-refractivity contribution is 5.64. The summed E-state index contributed by atoms with van der Waals surface area (Å²) in [4.78, 5) is 4.62. The van der Waals surface area contributed by atoms with E-state index in [1.165, 1.54) is 5.69 Å². The molecule has 4 nitrogen and oxygen atoms in total. The number of benzene rings is 1. The van der Waals surface area contributed by atoms with E-state index in [0.717, 1.165) is 36.6 Å². The number of nitrogens with zero attached hydrogens (tertiary/aromatic N) is 2. The van der Waals surface area contributed by atoms with Gasteiger partial charge in [0.25, 0.3) is 0 Å². The molecule has 1 aliphatic heterocycles. The minimum absolute atomic E-state index is 0.283. The molecule has 2 heterocycles. The van der Waals surface area contributed by atoms with E-state index in [0.29, 0.717) is 0 Å². The average molecular weight is 229 g/mol. The largest absolute Gasteiger partial charge is 0.507 e. The molecule has 0 atom stereocenters. The first-order valence-corrected chi connectivity index (χ1v) is 5.81. The summed E-state index contributed by atoms with van der Waals surface area (Å²) in [5, 5.41) is 13.2. The zero-order valence-corrected chi connectivity index (χ0v) is 9.77. The van der Waals surface area contributed by atoms with Gasteiger partial charge in [0, 0.05) is 32.3 Å². The van der Waals surface area contributed by atoms with Gasteiger partial charge < -0.3 is 15.0 Å². The molecule has 0 bridgehead atoms.